The van der Waals surface area contributed by atoms with Crippen molar-refractivity contribution in [3.05, 3.63) is 4.88 Å². The standard InChI is InChI=1S/C11H19N5O2S/c1-6(2)14-11-15-9(12)8(19-11)10(18)16(4)5-7(17)13-3/h6H,5,12H2,1-4H3,(H,13,17)(H,14,15). The monoisotopic (exact) mass is 285 g/mol. The number of anilines is 2. The number of nitrogen functional groups attached to an aromatic ring is 1. The highest BCUT2D eigenvalue weighted by molar-refractivity contribution is 7.18. The fourth-order valence-electron chi connectivity index (χ4n) is 1.33. The molecule has 1 heterocycles. The zero-order chi connectivity index (χ0) is 14.6. The number of nitrogens with two attached hydrogens (primary N) is 1. The third kappa shape index (κ3) is 4.09. The van der Waals surface area contributed by atoms with E-state index in [1.807, 2.05) is 13.8 Å². The molecule has 106 valence electrons. The van der Waals surface area contributed by atoms with Crippen LogP contribution in [0.1, 0.15) is 23.5 Å². The van der Waals surface area contributed by atoms with Crippen LogP contribution < -0.4 is 16.4 Å². The van der Waals surface area contributed by atoms with Gasteiger partial charge in [-0.15, -0.1) is 0 Å². The van der Waals surface area contributed by atoms with Crippen molar-refractivity contribution in [2.45, 2.75) is 19.9 Å². The summed E-state index contributed by atoms with van der Waals surface area (Å²) in [7, 11) is 3.07. The maximum absolute atomic E-state index is 12.1. The van der Waals surface area contributed by atoms with E-state index >= 15 is 0 Å². The Labute approximate surface area is 116 Å². The number of rotatable bonds is 5. The van der Waals surface area contributed by atoms with Gasteiger partial charge in [0.1, 0.15) is 10.7 Å². The number of nitrogens with zero attached hydrogens (tertiary/aromatic N) is 2. The maximum Gasteiger partial charge on any atom is 0.268 e. The molecule has 1 aromatic rings. The minimum absolute atomic E-state index is 0.0143. The molecule has 0 bridgehead atoms. The van der Waals surface area contributed by atoms with Crippen molar-refractivity contribution in [2.24, 2.45) is 0 Å². The largest absolute Gasteiger partial charge is 0.382 e. The highest BCUT2D eigenvalue weighted by atomic mass is 32.1. The average Bonchev–Trinajstić information content (AvgIpc) is 2.67. The van der Waals surface area contributed by atoms with E-state index in [9.17, 15) is 9.59 Å². The van der Waals surface area contributed by atoms with Crippen LogP contribution in [-0.2, 0) is 4.79 Å². The number of carbonyl (C=O) groups is 2. The number of nitrogens with one attached hydrogen (secondary N) is 2. The minimum Gasteiger partial charge on any atom is -0.382 e. The summed E-state index contributed by atoms with van der Waals surface area (Å²) in [6.07, 6.45) is 0. The van der Waals surface area contributed by atoms with Crippen LogP contribution in [0.25, 0.3) is 0 Å². The molecule has 0 aliphatic rings. The average molecular weight is 285 g/mol. The van der Waals surface area contributed by atoms with Crippen LogP contribution in [0.5, 0.6) is 0 Å². The van der Waals surface area contributed by atoms with Crippen LogP contribution >= 0.6 is 11.3 Å². The molecule has 0 unspecified atom stereocenters. The molecular weight excluding hydrogens is 266 g/mol. The van der Waals surface area contributed by atoms with Crippen molar-refractivity contribution in [3.63, 3.8) is 0 Å². The van der Waals surface area contributed by atoms with E-state index in [4.69, 9.17) is 5.73 Å². The molecule has 2 amide bonds. The predicted molar refractivity (Wildman–Crippen MR) is 76.3 cm³/mol. The van der Waals surface area contributed by atoms with E-state index in [1.165, 1.54) is 23.3 Å². The Balaban J connectivity index is 2.81. The number of amides is 2. The molecule has 0 aliphatic heterocycles. The van der Waals surface area contributed by atoms with Gasteiger partial charge in [0.25, 0.3) is 5.91 Å². The third-order valence-corrected chi connectivity index (χ3v) is 3.26. The third-order valence-electron chi connectivity index (χ3n) is 2.27. The van der Waals surface area contributed by atoms with E-state index < -0.39 is 0 Å². The van der Waals surface area contributed by atoms with E-state index in [0.717, 1.165) is 0 Å². The first-order valence-electron chi connectivity index (χ1n) is 5.84. The summed E-state index contributed by atoms with van der Waals surface area (Å²) >= 11 is 1.19. The molecule has 0 radical (unpaired) electrons. The lowest BCUT2D eigenvalue weighted by molar-refractivity contribution is -0.121. The van der Waals surface area contributed by atoms with Crippen molar-refractivity contribution >= 4 is 34.1 Å². The van der Waals surface area contributed by atoms with Gasteiger partial charge in [-0.3, -0.25) is 9.59 Å². The van der Waals surface area contributed by atoms with E-state index in [0.29, 0.717) is 10.0 Å². The molecule has 19 heavy (non-hydrogen) atoms. The maximum atomic E-state index is 12.1. The van der Waals surface area contributed by atoms with Crippen molar-refractivity contribution in [1.82, 2.24) is 15.2 Å². The molecule has 0 fully saturated rings. The topological polar surface area (TPSA) is 100 Å². The van der Waals surface area contributed by atoms with E-state index in [2.05, 4.69) is 15.6 Å². The fraction of sp³-hybridized carbons (Fsp3) is 0.545. The summed E-state index contributed by atoms with van der Waals surface area (Å²) in [5.41, 5.74) is 5.73. The van der Waals surface area contributed by atoms with Gasteiger partial charge in [0.05, 0.1) is 6.54 Å². The molecule has 7 nitrogen and oxygen atoms in total. The zero-order valence-electron chi connectivity index (χ0n) is 11.5. The lowest BCUT2D eigenvalue weighted by atomic mass is 10.4. The second-order valence-corrected chi connectivity index (χ2v) is 5.37. The Morgan fingerprint density at radius 2 is 2.11 bits per heavy atom. The first-order valence-corrected chi connectivity index (χ1v) is 6.65. The van der Waals surface area contributed by atoms with Crippen LogP contribution in [0.15, 0.2) is 0 Å². The summed E-state index contributed by atoms with van der Waals surface area (Å²) in [5, 5.41) is 6.15. The Bertz CT molecular complexity index is 472. The van der Waals surface area contributed by atoms with Gasteiger partial charge in [-0.05, 0) is 13.8 Å². The van der Waals surface area contributed by atoms with Crippen LogP contribution in [0.3, 0.4) is 0 Å². The van der Waals surface area contributed by atoms with Gasteiger partial charge in [-0.25, -0.2) is 4.98 Å². The molecule has 0 saturated heterocycles. The van der Waals surface area contributed by atoms with Crippen molar-refractivity contribution < 1.29 is 9.59 Å². The molecule has 0 aliphatic carbocycles. The summed E-state index contributed by atoms with van der Waals surface area (Å²) in [4.78, 5) is 29.1. The number of hydrogen-bond acceptors (Lipinski definition) is 6. The van der Waals surface area contributed by atoms with Gasteiger partial charge < -0.3 is 21.3 Å². The molecule has 0 saturated carbocycles. The number of likely N-dealkylation sites (N-methyl/N-ethyl adjacent to an activating group) is 2. The quantitative estimate of drug-likeness (QED) is 0.725. The lowest BCUT2D eigenvalue weighted by Crippen LogP contribution is -2.36. The molecule has 0 aromatic carbocycles. The number of thiazole rings is 1. The predicted octanol–water partition coefficient (Wildman–Crippen LogP) is 0.364. The van der Waals surface area contributed by atoms with Gasteiger partial charge in [-0.2, -0.15) is 0 Å². The molecular formula is C11H19N5O2S. The van der Waals surface area contributed by atoms with Crippen LogP contribution in [0, 0.1) is 0 Å². The van der Waals surface area contributed by atoms with Crippen molar-refractivity contribution in [3.8, 4) is 0 Å². The van der Waals surface area contributed by atoms with Crippen LogP contribution in [-0.4, -0.2) is 48.4 Å². The van der Waals surface area contributed by atoms with Gasteiger partial charge in [0, 0.05) is 20.1 Å². The summed E-state index contributed by atoms with van der Waals surface area (Å²) in [6, 6.07) is 0.206. The lowest BCUT2D eigenvalue weighted by Gasteiger charge is -2.14. The molecule has 1 rings (SSSR count). The molecule has 8 heteroatoms. The van der Waals surface area contributed by atoms with Crippen molar-refractivity contribution in [2.75, 3.05) is 31.7 Å². The Morgan fingerprint density at radius 1 is 1.47 bits per heavy atom. The SMILES string of the molecule is CNC(=O)CN(C)C(=O)c1sc(NC(C)C)nc1N. The number of carbonyl (C=O) groups excluding carboxylic acids is 2. The second-order valence-electron chi connectivity index (χ2n) is 4.37. The highest BCUT2D eigenvalue weighted by Gasteiger charge is 2.21. The van der Waals surface area contributed by atoms with Gasteiger partial charge in [0.15, 0.2) is 5.13 Å². The molecule has 0 spiro atoms. The summed E-state index contributed by atoms with van der Waals surface area (Å²) < 4.78 is 0. The Hall–Kier alpha value is -1.83. The summed E-state index contributed by atoms with van der Waals surface area (Å²) in [6.45, 7) is 3.92. The first-order chi connectivity index (χ1) is 8.85. The zero-order valence-corrected chi connectivity index (χ0v) is 12.3. The smallest absolute Gasteiger partial charge is 0.268 e. The number of hydrogen-bond donors (Lipinski definition) is 3. The normalized spacial score (nSPS) is 10.4. The highest BCUT2D eigenvalue weighted by Crippen LogP contribution is 2.26. The fourth-order valence-corrected chi connectivity index (χ4v) is 2.36. The van der Waals surface area contributed by atoms with Crippen LogP contribution in [0.2, 0.25) is 0 Å². The van der Waals surface area contributed by atoms with Crippen LogP contribution in [0.4, 0.5) is 10.9 Å². The number of aromatic nitrogens is 1. The van der Waals surface area contributed by atoms with Gasteiger partial charge in [0.2, 0.25) is 5.91 Å². The minimum atomic E-state index is -0.310. The Morgan fingerprint density at radius 3 is 2.63 bits per heavy atom. The van der Waals surface area contributed by atoms with Gasteiger partial charge >= 0.3 is 0 Å². The summed E-state index contributed by atoms with van der Waals surface area (Å²) in [5.74, 6) is -0.364. The molecule has 4 N–H and O–H groups in total. The molecule has 0 atom stereocenters. The molecule has 1 aromatic heterocycles. The van der Waals surface area contributed by atoms with E-state index in [-0.39, 0.29) is 30.2 Å². The second kappa shape index (κ2) is 6.37. The Kier molecular flexibility index (Phi) is 5.11. The first kappa shape index (κ1) is 15.2. The van der Waals surface area contributed by atoms with Gasteiger partial charge in [-0.1, -0.05) is 11.3 Å². The van der Waals surface area contributed by atoms with E-state index in [1.54, 1.807) is 7.05 Å². The van der Waals surface area contributed by atoms with Crippen molar-refractivity contribution in [1.29, 1.82) is 0 Å².